The molecule has 0 aliphatic heterocycles. The number of aromatic nitrogens is 3. The van der Waals surface area contributed by atoms with Crippen LogP contribution in [0.2, 0.25) is 0 Å². The van der Waals surface area contributed by atoms with Crippen molar-refractivity contribution in [3.05, 3.63) is 53.8 Å². The predicted octanol–water partition coefficient (Wildman–Crippen LogP) is 1.80. The Balaban J connectivity index is 1.57. The van der Waals surface area contributed by atoms with Gasteiger partial charge in [0.15, 0.2) is 17.3 Å². The minimum atomic E-state index is -0.366. The molecule has 2 N–H and O–H groups in total. The van der Waals surface area contributed by atoms with Gasteiger partial charge in [-0.3, -0.25) is 4.79 Å². The number of hydrogen-bond donors (Lipinski definition) is 2. The number of carbonyl (C=O) groups excluding carboxylic acids is 1. The van der Waals surface area contributed by atoms with E-state index in [0.717, 1.165) is 5.56 Å². The molecular weight excluding hydrogens is 322 g/mol. The van der Waals surface area contributed by atoms with Crippen LogP contribution in [0.1, 0.15) is 29.1 Å². The maximum absolute atomic E-state index is 12.2. The highest BCUT2D eigenvalue weighted by Crippen LogP contribution is 2.19. The van der Waals surface area contributed by atoms with Crippen LogP contribution in [-0.2, 0) is 13.0 Å². The minimum Gasteiger partial charge on any atom is -0.355 e. The van der Waals surface area contributed by atoms with E-state index in [0.29, 0.717) is 23.9 Å². The fourth-order valence-corrected chi connectivity index (χ4v) is 2.19. The van der Waals surface area contributed by atoms with Gasteiger partial charge in [-0.15, -0.1) is 0 Å². The first-order valence-electron chi connectivity index (χ1n) is 7.94. The van der Waals surface area contributed by atoms with Crippen LogP contribution in [0, 0.1) is 0 Å². The van der Waals surface area contributed by atoms with Gasteiger partial charge in [0.1, 0.15) is 0 Å². The molecule has 1 aromatic carbocycles. The van der Waals surface area contributed by atoms with Gasteiger partial charge in [-0.2, -0.15) is 4.98 Å². The van der Waals surface area contributed by atoms with Gasteiger partial charge in [0.25, 0.3) is 5.91 Å². The zero-order valence-corrected chi connectivity index (χ0v) is 14.0. The lowest BCUT2D eigenvalue weighted by atomic mass is 10.1. The number of carbonyl (C=O) groups is 1. The molecule has 3 rings (SSSR count). The summed E-state index contributed by atoms with van der Waals surface area (Å²) in [4.78, 5) is 16.4. The Kier molecular flexibility index (Phi) is 5.20. The molecule has 0 aliphatic rings. The summed E-state index contributed by atoms with van der Waals surface area (Å²) >= 11 is 0. The Labute approximate surface area is 144 Å². The second-order valence-corrected chi connectivity index (χ2v) is 5.62. The Hall–Kier alpha value is -3.00. The molecule has 0 saturated carbocycles. The molecule has 0 bridgehead atoms. The van der Waals surface area contributed by atoms with Gasteiger partial charge in [0.2, 0.25) is 5.89 Å². The minimum absolute atomic E-state index is 0.132. The van der Waals surface area contributed by atoms with Crippen LogP contribution in [-0.4, -0.2) is 34.3 Å². The first kappa shape index (κ1) is 16.8. The van der Waals surface area contributed by atoms with E-state index in [1.807, 2.05) is 44.3 Å². The van der Waals surface area contributed by atoms with Crippen molar-refractivity contribution >= 4 is 5.91 Å². The number of nitrogens with zero attached hydrogens (tertiary/aromatic N) is 3. The summed E-state index contributed by atoms with van der Waals surface area (Å²) in [6.07, 6.45) is 0.650. The van der Waals surface area contributed by atoms with Crippen LogP contribution in [0.15, 0.2) is 45.4 Å². The lowest BCUT2D eigenvalue weighted by Gasteiger charge is -2.04. The zero-order valence-electron chi connectivity index (χ0n) is 14.0. The molecule has 8 nitrogen and oxygen atoms in total. The van der Waals surface area contributed by atoms with E-state index in [1.54, 1.807) is 6.07 Å². The largest absolute Gasteiger partial charge is 0.355 e. The van der Waals surface area contributed by atoms with Crippen molar-refractivity contribution in [2.24, 2.45) is 0 Å². The third-order valence-corrected chi connectivity index (χ3v) is 3.69. The molecule has 3 aromatic rings. The lowest BCUT2D eigenvalue weighted by Crippen LogP contribution is -2.24. The second-order valence-electron chi connectivity index (χ2n) is 5.62. The Morgan fingerprint density at radius 2 is 2.00 bits per heavy atom. The number of amides is 1. The van der Waals surface area contributed by atoms with Crippen molar-refractivity contribution < 1.29 is 13.8 Å². The van der Waals surface area contributed by atoms with Crippen LogP contribution in [0.4, 0.5) is 0 Å². The normalized spacial score (nSPS) is 12.1. The molecule has 0 fully saturated rings. The van der Waals surface area contributed by atoms with Crippen LogP contribution in [0.5, 0.6) is 0 Å². The molecule has 0 radical (unpaired) electrons. The van der Waals surface area contributed by atoms with Crippen molar-refractivity contribution in [3.8, 4) is 11.3 Å². The number of hydrogen-bond acceptors (Lipinski definition) is 7. The standard InChI is InChI=1S/C17H19N5O3/c1-11(18-2)8-15-20-16(25-22-15)10-19-17(23)13-9-14(24-21-13)12-6-4-3-5-7-12/h3-7,9,11,18H,8,10H2,1-2H3,(H,19,23). The van der Waals surface area contributed by atoms with Crippen LogP contribution >= 0.6 is 0 Å². The third-order valence-electron chi connectivity index (χ3n) is 3.69. The van der Waals surface area contributed by atoms with E-state index >= 15 is 0 Å². The molecular formula is C17H19N5O3. The molecule has 0 spiro atoms. The SMILES string of the molecule is CNC(C)Cc1noc(CNC(=O)c2cc(-c3ccccc3)on2)n1. The van der Waals surface area contributed by atoms with Gasteiger partial charge in [-0.25, -0.2) is 0 Å². The molecule has 2 aromatic heterocycles. The quantitative estimate of drug-likeness (QED) is 0.675. The highest BCUT2D eigenvalue weighted by atomic mass is 16.5. The molecule has 1 atom stereocenters. The average Bonchev–Trinajstić information content (AvgIpc) is 3.30. The van der Waals surface area contributed by atoms with E-state index in [1.165, 1.54) is 0 Å². The summed E-state index contributed by atoms with van der Waals surface area (Å²) in [7, 11) is 1.87. The fraction of sp³-hybridized carbons (Fsp3) is 0.294. The van der Waals surface area contributed by atoms with Gasteiger partial charge in [-0.05, 0) is 14.0 Å². The molecule has 1 unspecified atom stereocenters. The number of benzene rings is 1. The molecule has 2 heterocycles. The number of likely N-dealkylation sites (N-methyl/N-ethyl adjacent to an activating group) is 1. The fourth-order valence-electron chi connectivity index (χ4n) is 2.19. The van der Waals surface area contributed by atoms with Crippen molar-refractivity contribution in [2.45, 2.75) is 25.9 Å². The smallest absolute Gasteiger partial charge is 0.273 e. The van der Waals surface area contributed by atoms with Gasteiger partial charge in [-0.1, -0.05) is 40.6 Å². The molecule has 0 saturated heterocycles. The van der Waals surface area contributed by atoms with E-state index in [9.17, 15) is 4.79 Å². The van der Waals surface area contributed by atoms with Crippen molar-refractivity contribution in [3.63, 3.8) is 0 Å². The lowest BCUT2D eigenvalue weighted by molar-refractivity contribution is 0.0937. The topological polar surface area (TPSA) is 106 Å². The highest BCUT2D eigenvalue weighted by Gasteiger charge is 2.15. The Bertz CT molecular complexity index is 828. The molecule has 25 heavy (non-hydrogen) atoms. The molecule has 130 valence electrons. The maximum atomic E-state index is 12.2. The highest BCUT2D eigenvalue weighted by molar-refractivity contribution is 5.92. The van der Waals surface area contributed by atoms with Crippen molar-refractivity contribution in [2.75, 3.05) is 7.05 Å². The summed E-state index contributed by atoms with van der Waals surface area (Å²) in [5.74, 6) is 1.11. The first-order valence-corrected chi connectivity index (χ1v) is 7.94. The molecule has 0 aliphatic carbocycles. The van der Waals surface area contributed by atoms with Crippen molar-refractivity contribution in [1.29, 1.82) is 0 Å². The van der Waals surface area contributed by atoms with Crippen LogP contribution < -0.4 is 10.6 Å². The van der Waals surface area contributed by atoms with Gasteiger partial charge in [0.05, 0.1) is 6.54 Å². The second kappa shape index (κ2) is 7.71. The number of nitrogens with one attached hydrogen (secondary N) is 2. The average molecular weight is 341 g/mol. The Morgan fingerprint density at radius 3 is 2.76 bits per heavy atom. The van der Waals surface area contributed by atoms with Crippen molar-refractivity contribution in [1.82, 2.24) is 25.9 Å². The van der Waals surface area contributed by atoms with Gasteiger partial charge >= 0.3 is 0 Å². The summed E-state index contributed by atoms with van der Waals surface area (Å²) in [6, 6.07) is 11.3. The van der Waals surface area contributed by atoms with E-state index < -0.39 is 0 Å². The predicted molar refractivity (Wildman–Crippen MR) is 89.6 cm³/mol. The van der Waals surface area contributed by atoms with E-state index in [2.05, 4.69) is 25.9 Å². The van der Waals surface area contributed by atoms with E-state index in [-0.39, 0.29) is 24.2 Å². The summed E-state index contributed by atoms with van der Waals surface area (Å²) in [6.45, 7) is 2.15. The van der Waals surface area contributed by atoms with Crippen LogP contribution in [0.3, 0.4) is 0 Å². The summed E-state index contributed by atoms with van der Waals surface area (Å²) in [5.41, 5.74) is 1.05. The molecule has 8 heteroatoms. The van der Waals surface area contributed by atoms with Crippen LogP contribution in [0.25, 0.3) is 11.3 Å². The maximum Gasteiger partial charge on any atom is 0.273 e. The van der Waals surface area contributed by atoms with E-state index in [4.69, 9.17) is 9.05 Å². The Morgan fingerprint density at radius 1 is 1.20 bits per heavy atom. The number of rotatable bonds is 7. The van der Waals surface area contributed by atoms with Gasteiger partial charge in [0, 0.05) is 24.1 Å². The summed E-state index contributed by atoms with van der Waals surface area (Å²) in [5, 5.41) is 13.5. The molecule has 1 amide bonds. The first-order chi connectivity index (χ1) is 12.2. The zero-order chi connectivity index (χ0) is 17.6. The van der Waals surface area contributed by atoms with Gasteiger partial charge < -0.3 is 19.7 Å². The monoisotopic (exact) mass is 341 g/mol. The summed E-state index contributed by atoms with van der Waals surface area (Å²) < 4.78 is 10.3. The third kappa shape index (κ3) is 4.30.